The Morgan fingerprint density at radius 3 is 2.26 bits per heavy atom. The zero-order chi connectivity index (χ0) is 29.2. The van der Waals surface area contributed by atoms with Crippen LogP contribution in [0.5, 0.6) is 0 Å². The molecule has 2 aliphatic carbocycles. The minimum atomic E-state index is -0.286. The molecule has 216 valence electrons. The lowest BCUT2D eigenvalue weighted by Crippen LogP contribution is -2.40. The molecule has 0 atom stereocenters. The third-order valence-electron chi connectivity index (χ3n) is 8.82. The highest BCUT2D eigenvalue weighted by Gasteiger charge is 2.44. The fourth-order valence-corrected chi connectivity index (χ4v) is 7.64. The Labute approximate surface area is 255 Å². The number of thioether (sulfide) groups is 1. The molecule has 7 heteroatoms. The largest absolute Gasteiger partial charge is 0.467 e. The summed E-state index contributed by atoms with van der Waals surface area (Å²) in [6, 6.07) is 31.7. The second-order valence-electron chi connectivity index (χ2n) is 11.5. The summed E-state index contributed by atoms with van der Waals surface area (Å²) in [5.74, 6) is 0.665. The van der Waals surface area contributed by atoms with Gasteiger partial charge in [-0.25, -0.2) is 4.98 Å². The van der Waals surface area contributed by atoms with Gasteiger partial charge in [0, 0.05) is 11.0 Å². The van der Waals surface area contributed by atoms with Crippen molar-refractivity contribution in [3.05, 3.63) is 142 Å². The van der Waals surface area contributed by atoms with Crippen LogP contribution in [0.2, 0.25) is 0 Å². The molecule has 1 N–H and O–H groups in total. The van der Waals surface area contributed by atoms with E-state index in [1.165, 1.54) is 17.3 Å². The van der Waals surface area contributed by atoms with Gasteiger partial charge >= 0.3 is 0 Å². The Morgan fingerprint density at radius 2 is 1.58 bits per heavy atom. The molecule has 2 aromatic heterocycles. The lowest BCUT2D eigenvalue weighted by Gasteiger charge is -2.36. The van der Waals surface area contributed by atoms with Gasteiger partial charge < -0.3 is 9.73 Å². The number of nitrogens with one attached hydrogen (secondary N) is 1. The molecule has 0 saturated heterocycles. The topological polar surface area (TPSA) is 77.1 Å². The third kappa shape index (κ3) is 5.34. The second-order valence-corrected chi connectivity index (χ2v) is 12.5. The minimum Gasteiger partial charge on any atom is -0.467 e. The monoisotopic (exact) mass is 587 g/mol. The molecule has 0 radical (unpaired) electrons. The summed E-state index contributed by atoms with van der Waals surface area (Å²) in [5.41, 5.74) is 5.67. The lowest BCUT2D eigenvalue weighted by molar-refractivity contribution is -0.119. The molecule has 3 aromatic carbocycles. The quantitative estimate of drug-likeness (QED) is 0.158. The predicted molar refractivity (Wildman–Crippen MR) is 169 cm³/mol. The Bertz CT molecular complexity index is 1750. The van der Waals surface area contributed by atoms with Crippen molar-refractivity contribution in [1.29, 1.82) is 0 Å². The van der Waals surface area contributed by atoms with Crippen LogP contribution in [0.15, 0.2) is 118 Å². The van der Waals surface area contributed by atoms with Crippen LogP contribution in [0.25, 0.3) is 11.3 Å². The van der Waals surface area contributed by atoms with E-state index in [1.807, 2.05) is 78.9 Å². The van der Waals surface area contributed by atoms with Gasteiger partial charge in [0.25, 0.3) is 5.56 Å². The van der Waals surface area contributed by atoms with Crippen molar-refractivity contribution in [1.82, 2.24) is 14.9 Å². The van der Waals surface area contributed by atoms with Gasteiger partial charge in [-0.15, -0.1) is 0 Å². The summed E-state index contributed by atoms with van der Waals surface area (Å²) >= 11 is 1.30. The fourth-order valence-electron chi connectivity index (χ4n) is 6.84. The molecule has 0 unspecified atom stereocenters. The molecule has 2 aliphatic rings. The van der Waals surface area contributed by atoms with Crippen LogP contribution in [0.4, 0.5) is 0 Å². The SMILES string of the molecule is O=C(CSc1nc2c(c(=O)n1Cc1ccco1)C1(CCCC1)Cc1ccccc1-2)NC(c1ccccc1)c1ccccc1. The number of carbonyl (C=O) groups excluding carboxylic acids is 1. The normalized spacial score (nSPS) is 14.9. The summed E-state index contributed by atoms with van der Waals surface area (Å²) in [6.07, 6.45) is 6.68. The van der Waals surface area contributed by atoms with Crippen LogP contribution in [0, 0.1) is 0 Å². The van der Waals surface area contributed by atoms with Gasteiger partial charge in [-0.1, -0.05) is 110 Å². The zero-order valence-corrected chi connectivity index (χ0v) is 24.7. The first-order valence-corrected chi connectivity index (χ1v) is 15.9. The summed E-state index contributed by atoms with van der Waals surface area (Å²) < 4.78 is 7.38. The van der Waals surface area contributed by atoms with E-state index < -0.39 is 0 Å². The van der Waals surface area contributed by atoms with E-state index in [0.29, 0.717) is 10.9 Å². The first-order chi connectivity index (χ1) is 21.1. The van der Waals surface area contributed by atoms with Crippen molar-refractivity contribution in [3.63, 3.8) is 0 Å². The molecule has 7 rings (SSSR count). The molecule has 1 saturated carbocycles. The molecular weight excluding hydrogens is 554 g/mol. The van der Waals surface area contributed by atoms with E-state index in [0.717, 1.165) is 60.1 Å². The van der Waals surface area contributed by atoms with Crippen molar-refractivity contribution < 1.29 is 9.21 Å². The summed E-state index contributed by atoms with van der Waals surface area (Å²) in [6.45, 7) is 0.268. The second kappa shape index (κ2) is 11.7. The van der Waals surface area contributed by atoms with Crippen molar-refractivity contribution in [2.24, 2.45) is 0 Å². The average Bonchev–Trinajstić information content (AvgIpc) is 3.74. The third-order valence-corrected chi connectivity index (χ3v) is 9.80. The van der Waals surface area contributed by atoms with Crippen LogP contribution >= 0.6 is 11.8 Å². The number of carbonyl (C=O) groups is 1. The number of aromatic nitrogens is 2. The summed E-state index contributed by atoms with van der Waals surface area (Å²) in [4.78, 5) is 33.2. The maximum atomic E-state index is 14.5. The van der Waals surface area contributed by atoms with E-state index in [4.69, 9.17) is 9.40 Å². The lowest BCUT2D eigenvalue weighted by atomic mass is 9.68. The Hall–Kier alpha value is -4.36. The maximum Gasteiger partial charge on any atom is 0.258 e. The number of hydrogen-bond acceptors (Lipinski definition) is 5. The highest BCUT2D eigenvalue weighted by molar-refractivity contribution is 7.99. The van der Waals surface area contributed by atoms with Gasteiger partial charge in [0.15, 0.2) is 5.16 Å². The van der Waals surface area contributed by atoms with Crippen LogP contribution < -0.4 is 10.9 Å². The minimum absolute atomic E-state index is 0.0211. The van der Waals surface area contributed by atoms with Crippen LogP contribution in [0.3, 0.4) is 0 Å². The fraction of sp³-hybridized carbons (Fsp3) is 0.250. The smallest absolute Gasteiger partial charge is 0.258 e. The van der Waals surface area contributed by atoms with Gasteiger partial charge in [0.2, 0.25) is 5.91 Å². The number of nitrogens with zero attached hydrogens (tertiary/aromatic N) is 2. The Morgan fingerprint density at radius 1 is 0.907 bits per heavy atom. The molecular formula is C36H33N3O3S. The standard InChI is InChI=1S/C36H33N3O3S/c40-30(37-32(25-12-3-1-4-13-25)26-14-5-2-6-15-26)24-43-35-38-33-29-18-8-7-16-27(29)22-36(19-9-10-20-36)31(33)34(41)39(35)23-28-17-11-21-42-28/h1-8,11-18,21,32H,9-10,19-20,22-24H2,(H,37,40). The molecule has 2 heterocycles. The van der Waals surface area contributed by atoms with Crippen molar-refractivity contribution in [2.45, 2.75) is 55.3 Å². The number of benzene rings is 3. The van der Waals surface area contributed by atoms with E-state index in [1.54, 1.807) is 10.8 Å². The first-order valence-electron chi connectivity index (χ1n) is 14.9. The Balaban J connectivity index is 1.25. The van der Waals surface area contributed by atoms with Crippen LogP contribution in [-0.2, 0) is 23.2 Å². The van der Waals surface area contributed by atoms with Gasteiger partial charge in [-0.3, -0.25) is 14.2 Å². The molecule has 6 nitrogen and oxygen atoms in total. The van der Waals surface area contributed by atoms with Gasteiger partial charge in [-0.05, 0) is 48.1 Å². The predicted octanol–water partition coefficient (Wildman–Crippen LogP) is 6.92. The molecule has 0 bridgehead atoms. The maximum absolute atomic E-state index is 14.5. The number of amides is 1. The Kier molecular flexibility index (Phi) is 7.49. The average molecular weight is 588 g/mol. The van der Waals surface area contributed by atoms with E-state index in [2.05, 4.69) is 23.5 Å². The number of furan rings is 1. The van der Waals surface area contributed by atoms with Crippen molar-refractivity contribution in [3.8, 4) is 11.3 Å². The highest BCUT2D eigenvalue weighted by atomic mass is 32.2. The van der Waals surface area contributed by atoms with Crippen LogP contribution in [0.1, 0.15) is 59.7 Å². The molecule has 1 spiro atoms. The van der Waals surface area contributed by atoms with Crippen LogP contribution in [-0.4, -0.2) is 21.2 Å². The summed E-state index contributed by atoms with van der Waals surface area (Å²) in [7, 11) is 0. The molecule has 1 amide bonds. The molecule has 0 aliphatic heterocycles. The summed E-state index contributed by atoms with van der Waals surface area (Å²) in [5, 5.41) is 3.75. The van der Waals surface area contributed by atoms with Gasteiger partial charge in [0.1, 0.15) is 5.76 Å². The van der Waals surface area contributed by atoms with E-state index in [-0.39, 0.29) is 35.2 Å². The molecule has 5 aromatic rings. The van der Waals surface area contributed by atoms with Crippen molar-refractivity contribution in [2.75, 3.05) is 5.75 Å². The first kappa shape index (κ1) is 27.5. The number of fused-ring (bicyclic) bond motifs is 4. The molecule has 1 fully saturated rings. The molecule has 43 heavy (non-hydrogen) atoms. The van der Waals surface area contributed by atoms with Gasteiger partial charge in [-0.2, -0.15) is 0 Å². The van der Waals surface area contributed by atoms with E-state index >= 15 is 0 Å². The highest BCUT2D eigenvalue weighted by Crippen LogP contribution is 2.50. The zero-order valence-electron chi connectivity index (χ0n) is 23.9. The van der Waals surface area contributed by atoms with Crippen molar-refractivity contribution >= 4 is 17.7 Å². The number of rotatable bonds is 8. The van der Waals surface area contributed by atoms with Gasteiger partial charge in [0.05, 0.1) is 35.9 Å². The van der Waals surface area contributed by atoms with E-state index in [9.17, 15) is 9.59 Å². The number of hydrogen-bond donors (Lipinski definition) is 1.